The van der Waals surface area contributed by atoms with Crippen LogP contribution in [0, 0.1) is 0 Å². The number of hydrazone groups is 1. The topological polar surface area (TPSA) is 15.6 Å². The summed E-state index contributed by atoms with van der Waals surface area (Å²) >= 11 is 3.45. The standard InChI is InChI=1S/C13H17BrN2/c1-10-8-13(2,3)16(15-10)9-11-4-6-12(14)7-5-11/h4-7H,8-9H2,1-3H3. The van der Waals surface area contributed by atoms with Gasteiger partial charge < -0.3 is 0 Å². The molecule has 86 valence electrons. The second-order valence-electron chi connectivity index (χ2n) is 5.01. The molecule has 1 heterocycles. The molecule has 1 aromatic rings. The van der Waals surface area contributed by atoms with Crippen LogP contribution in [0.25, 0.3) is 0 Å². The summed E-state index contributed by atoms with van der Waals surface area (Å²) in [5.74, 6) is 0. The van der Waals surface area contributed by atoms with Gasteiger partial charge in [-0.25, -0.2) is 0 Å². The Kier molecular flexibility index (Phi) is 3.06. The fourth-order valence-electron chi connectivity index (χ4n) is 2.11. The zero-order chi connectivity index (χ0) is 11.8. The van der Waals surface area contributed by atoms with Crippen molar-refractivity contribution in [1.82, 2.24) is 5.01 Å². The van der Waals surface area contributed by atoms with Crippen molar-refractivity contribution in [1.29, 1.82) is 0 Å². The third-order valence-corrected chi connectivity index (χ3v) is 3.45. The highest BCUT2D eigenvalue weighted by Gasteiger charge is 2.31. The molecule has 2 rings (SSSR count). The molecule has 0 saturated carbocycles. The molecule has 0 aliphatic carbocycles. The summed E-state index contributed by atoms with van der Waals surface area (Å²) in [5.41, 5.74) is 2.67. The van der Waals surface area contributed by atoms with Crippen molar-refractivity contribution in [3.8, 4) is 0 Å². The molecule has 0 aromatic heterocycles. The Bertz CT molecular complexity index is 406. The normalized spacial score (nSPS) is 18.8. The van der Waals surface area contributed by atoms with Gasteiger partial charge in [0.15, 0.2) is 0 Å². The molecule has 0 saturated heterocycles. The van der Waals surface area contributed by atoms with E-state index in [4.69, 9.17) is 0 Å². The molecule has 1 aromatic carbocycles. The molecule has 0 amide bonds. The van der Waals surface area contributed by atoms with Crippen LogP contribution in [-0.2, 0) is 6.54 Å². The molecule has 2 nitrogen and oxygen atoms in total. The van der Waals surface area contributed by atoms with Gasteiger partial charge in [-0.05, 0) is 38.5 Å². The lowest BCUT2D eigenvalue weighted by Crippen LogP contribution is -2.35. The van der Waals surface area contributed by atoms with Crippen LogP contribution >= 0.6 is 15.9 Å². The first-order valence-corrected chi connectivity index (χ1v) is 6.33. The monoisotopic (exact) mass is 280 g/mol. The van der Waals surface area contributed by atoms with Gasteiger partial charge in [-0.2, -0.15) is 5.10 Å². The maximum Gasteiger partial charge on any atom is 0.0617 e. The van der Waals surface area contributed by atoms with Gasteiger partial charge in [0, 0.05) is 16.6 Å². The Labute approximate surface area is 105 Å². The van der Waals surface area contributed by atoms with Gasteiger partial charge in [-0.3, -0.25) is 5.01 Å². The summed E-state index contributed by atoms with van der Waals surface area (Å²) in [4.78, 5) is 0. The lowest BCUT2D eigenvalue weighted by Gasteiger charge is -2.30. The SMILES string of the molecule is CC1=NN(Cc2ccc(Br)cc2)C(C)(C)C1. The molecule has 1 aliphatic rings. The molecule has 0 radical (unpaired) electrons. The summed E-state index contributed by atoms with van der Waals surface area (Å²) in [6, 6.07) is 8.44. The fourth-order valence-corrected chi connectivity index (χ4v) is 2.37. The van der Waals surface area contributed by atoms with Gasteiger partial charge >= 0.3 is 0 Å². The van der Waals surface area contributed by atoms with Crippen LogP contribution in [0.2, 0.25) is 0 Å². The van der Waals surface area contributed by atoms with Crippen LogP contribution < -0.4 is 0 Å². The number of benzene rings is 1. The van der Waals surface area contributed by atoms with Gasteiger partial charge in [-0.1, -0.05) is 28.1 Å². The highest BCUT2D eigenvalue weighted by atomic mass is 79.9. The molecule has 3 heteroatoms. The van der Waals surface area contributed by atoms with E-state index in [1.807, 2.05) is 0 Å². The van der Waals surface area contributed by atoms with Crippen LogP contribution in [0.5, 0.6) is 0 Å². The third kappa shape index (κ3) is 2.46. The van der Waals surface area contributed by atoms with Crippen LogP contribution in [-0.4, -0.2) is 16.3 Å². The predicted molar refractivity (Wildman–Crippen MR) is 71.5 cm³/mol. The van der Waals surface area contributed by atoms with Crippen molar-refractivity contribution in [3.05, 3.63) is 34.3 Å². The Morgan fingerprint density at radius 2 is 1.94 bits per heavy atom. The van der Waals surface area contributed by atoms with E-state index in [0.29, 0.717) is 0 Å². The molecular formula is C13H17BrN2. The van der Waals surface area contributed by atoms with Crippen molar-refractivity contribution in [3.63, 3.8) is 0 Å². The van der Waals surface area contributed by atoms with Gasteiger partial charge in [-0.15, -0.1) is 0 Å². The minimum Gasteiger partial charge on any atom is -0.287 e. The average Bonchev–Trinajstić information content (AvgIpc) is 2.43. The van der Waals surface area contributed by atoms with E-state index in [0.717, 1.165) is 17.4 Å². The van der Waals surface area contributed by atoms with Crippen molar-refractivity contribution < 1.29 is 0 Å². The summed E-state index contributed by atoms with van der Waals surface area (Å²) in [6.45, 7) is 7.47. The van der Waals surface area contributed by atoms with E-state index in [-0.39, 0.29) is 5.54 Å². The fraction of sp³-hybridized carbons (Fsp3) is 0.462. The molecular weight excluding hydrogens is 264 g/mol. The van der Waals surface area contributed by atoms with Gasteiger partial charge in [0.1, 0.15) is 0 Å². The van der Waals surface area contributed by atoms with Crippen LogP contribution in [0.3, 0.4) is 0 Å². The summed E-state index contributed by atoms with van der Waals surface area (Å²) < 4.78 is 1.12. The molecule has 0 fully saturated rings. The van der Waals surface area contributed by atoms with E-state index in [1.54, 1.807) is 0 Å². The van der Waals surface area contributed by atoms with E-state index < -0.39 is 0 Å². The lowest BCUT2D eigenvalue weighted by atomic mass is 9.98. The van der Waals surface area contributed by atoms with E-state index >= 15 is 0 Å². The van der Waals surface area contributed by atoms with Gasteiger partial charge in [0.05, 0.1) is 12.1 Å². The Morgan fingerprint density at radius 1 is 1.31 bits per heavy atom. The maximum absolute atomic E-state index is 4.60. The molecule has 1 aliphatic heterocycles. The quantitative estimate of drug-likeness (QED) is 0.804. The van der Waals surface area contributed by atoms with Crippen molar-refractivity contribution in [2.45, 2.75) is 39.3 Å². The molecule has 0 unspecified atom stereocenters. The molecule has 0 spiro atoms. The first-order chi connectivity index (χ1) is 7.47. The number of halogens is 1. The Balaban J connectivity index is 2.13. The molecule has 16 heavy (non-hydrogen) atoms. The number of nitrogens with zero attached hydrogens (tertiary/aromatic N) is 2. The first-order valence-electron chi connectivity index (χ1n) is 5.53. The van der Waals surface area contributed by atoms with E-state index in [9.17, 15) is 0 Å². The lowest BCUT2D eigenvalue weighted by molar-refractivity contribution is 0.144. The maximum atomic E-state index is 4.60. The number of hydrogen-bond acceptors (Lipinski definition) is 2. The van der Waals surface area contributed by atoms with E-state index in [2.05, 4.69) is 71.1 Å². The molecule has 0 atom stereocenters. The smallest absolute Gasteiger partial charge is 0.0617 e. The molecule has 0 N–H and O–H groups in total. The second kappa shape index (κ2) is 4.21. The average molecular weight is 281 g/mol. The third-order valence-electron chi connectivity index (χ3n) is 2.92. The minimum absolute atomic E-state index is 0.150. The highest BCUT2D eigenvalue weighted by molar-refractivity contribution is 9.10. The molecule has 0 bridgehead atoms. The van der Waals surface area contributed by atoms with Crippen LogP contribution in [0.15, 0.2) is 33.8 Å². The van der Waals surface area contributed by atoms with E-state index in [1.165, 1.54) is 11.3 Å². The van der Waals surface area contributed by atoms with Crippen molar-refractivity contribution in [2.24, 2.45) is 5.10 Å². The predicted octanol–water partition coefficient (Wildman–Crippen LogP) is 3.81. The van der Waals surface area contributed by atoms with Crippen LogP contribution in [0.4, 0.5) is 0 Å². The summed E-state index contributed by atoms with van der Waals surface area (Å²) in [6.07, 6.45) is 1.06. The second-order valence-corrected chi connectivity index (χ2v) is 5.92. The van der Waals surface area contributed by atoms with Gasteiger partial charge in [0.2, 0.25) is 0 Å². The Hall–Kier alpha value is -0.830. The summed E-state index contributed by atoms with van der Waals surface area (Å²) in [7, 11) is 0. The van der Waals surface area contributed by atoms with Crippen molar-refractivity contribution in [2.75, 3.05) is 0 Å². The van der Waals surface area contributed by atoms with Crippen LogP contribution in [0.1, 0.15) is 32.8 Å². The highest BCUT2D eigenvalue weighted by Crippen LogP contribution is 2.28. The van der Waals surface area contributed by atoms with Gasteiger partial charge in [0.25, 0.3) is 0 Å². The first kappa shape index (κ1) is 11.6. The zero-order valence-corrected chi connectivity index (χ0v) is 11.6. The number of rotatable bonds is 2. The summed E-state index contributed by atoms with van der Waals surface area (Å²) in [5, 5.41) is 6.78. The van der Waals surface area contributed by atoms with Crippen molar-refractivity contribution >= 4 is 21.6 Å². The Morgan fingerprint density at radius 3 is 2.44 bits per heavy atom. The zero-order valence-electron chi connectivity index (χ0n) is 10.00. The largest absolute Gasteiger partial charge is 0.287 e. The minimum atomic E-state index is 0.150. The number of hydrogen-bond donors (Lipinski definition) is 0.